The van der Waals surface area contributed by atoms with Gasteiger partial charge in [-0.3, -0.25) is 14.5 Å². The third-order valence-corrected chi connectivity index (χ3v) is 5.70. The van der Waals surface area contributed by atoms with Crippen molar-refractivity contribution < 1.29 is 19.1 Å². The molecule has 0 aromatic heterocycles. The van der Waals surface area contributed by atoms with Gasteiger partial charge in [-0.1, -0.05) is 37.3 Å². The van der Waals surface area contributed by atoms with Crippen LogP contribution in [0.15, 0.2) is 54.2 Å². The second-order valence-electron chi connectivity index (χ2n) is 7.80. The molecule has 2 aliphatic heterocycles. The summed E-state index contributed by atoms with van der Waals surface area (Å²) in [6.45, 7) is 4.46. The summed E-state index contributed by atoms with van der Waals surface area (Å²) in [5.74, 6) is 0.924. The maximum Gasteiger partial charge on any atom is 0.278 e. The van der Waals surface area contributed by atoms with E-state index in [1.165, 1.54) is 4.90 Å². The fraction of sp³-hybridized carbons (Fsp3) is 0.360. The van der Waals surface area contributed by atoms with E-state index in [-0.39, 0.29) is 18.4 Å². The number of rotatable bonds is 8. The molecule has 0 spiro atoms. The van der Waals surface area contributed by atoms with Crippen LogP contribution < -0.4 is 9.47 Å². The normalized spacial score (nSPS) is 16.5. The highest BCUT2D eigenvalue weighted by Crippen LogP contribution is 2.35. The quantitative estimate of drug-likeness (QED) is 0.607. The molecule has 162 valence electrons. The van der Waals surface area contributed by atoms with Gasteiger partial charge in [0.2, 0.25) is 0 Å². The third kappa shape index (κ3) is 4.15. The summed E-state index contributed by atoms with van der Waals surface area (Å²) in [6.07, 6.45) is 2.97. The van der Waals surface area contributed by atoms with E-state index < -0.39 is 0 Å². The molecule has 0 atom stereocenters. The SMILES string of the molecule is CCCOc1ccc(C2=C(N3CCCC3)C(=O)N(Cc3ccccc3OC)C2=O)cc1. The van der Waals surface area contributed by atoms with Crippen molar-refractivity contribution in [2.24, 2.45) is 0 Å². The van der Waals surface area contributed by atoms with Gasteiger partial charge in [-0.25, -0.2) is 0 Å². The van der Waals surface area contributed by atoms with Gasteiger partial charge in [0.15, 0.2) is 0 Å². The number of amides is 2. The predicted octanol–water partition coefficient (Wildman–Crippen LogP) is 3.86. The summed E-state index contributed by atoms with van der Waals surface area (Å²) >= 11 is 0. The van der Waals surface area contributed by atoms with Gasteiger partial charge in [0.05, 0.1) is 25.8 Å². The number of para-hydroxylation sites is 1. The Bertz CT molecular complexity index is 991. The molecule has 0 aliphatic carbocycles. The van der Waals surface area contributed by atoms with Gasteiger partial charge >= 0.3 is 0 Å². The molecule has 4 rings (SSSR count). The van der Waals surface area contributed by atoms with Crippen molar-refractivity contribution in [2.45, 2.75) is 32.7 Å². The van der Waals surface area contributed by atoms with E-state index in [1.54, 1.807) is 7.11 Å². The van der Waals surface area contributed by atoms with Crippen LogP contribution in [0.5, 0.6) is 11.5 Å². The van der Waals surface area contributed by atoms with Crippen LogP contribution in [0.4, 0.5) is 0 Å². The largest absolute Gasteiger partial charge is 0.496 e. The minimum atomic E-state index is -0.264. The van der Waals surface area contributed by atoms with Crippen molar-refractivity contribution in [3.8, 4) is 11.5 Å². The van der Waals surface area contributed by atoms with Crippen molar-refractivity contribution in [1.29, 1.82) is 0 Å². The van der Waals surface area contributed by atoms with Crippen molar-refractivity contribution in [1.82, 2.24) is 9.80 Å². The molecule has 2 aliphatic rings. The molecule has 0 radical (unpaired) electrons. The number of nitrogens with zero attached hydrogens (tertiary/aromatic N) is 2. The molecular weight excluding hydrogens is 392 g/mol. The van der Waals surface area contributed by atoms with Crippen molar-refractivity contribution >= 4 is 17.4 Å². The lowest BCUT2D eigenvalue weighted by atomic mass is 10.0. The molecular formula is C25H28N2O4. The van der Waals surface area contributed by atoms with E-state index in [0.717, 1.165) is 49.2 Å². The molecule has 2 aromatic rings. The predicted molar refractivity (Wildman–Crippen MR) is 119 cm³/mol. The Hall–Kier alpha value is -3.28. The van der Waals surface area contributed by atoms with Crippen LogP contribution >= 0.6 is 0 Å². The summed E-state index contributed by atoms with van der Waals surface area (Å²) < 4.78 is 11.1. The Labute approximate surface area is 183 Å². The van der Waals surface area contributed by atoms with Gasteiger partial charge in [0, 0.05) is 18.7 Å². The number of benzene rings is 2. The minimum absolute atomic E-state index is 0.181. The Kier molecular flexibility index (Phi) is 6.26. The van der Waals surface area contributed by atoms with E-state index >= 15 is 0 Å². The second kappa shape index (κ2) is 9.25. The number of ether oxygens (including phenoxy) is 2. The molecule has 2 amide bonds. The second-order valence-corrected chi connectivity index (χ2v) is 7.80. The summed E-state index contributed by atoms with van der Waals surface area (Å²) in [4.78, 5) is 30.3. The van der Waals surface area contributed by atoms with E-state index in [0.29, 0.717) is 23.6 Å². The number of imide groups is 1. The fourth-order valence-corrected chi connectivity index (χ4v) is 4.14. The van der Waals surface area contributed by atoms with Crippen LogP contribution in [0.1, 0.15) is 37.3 Å². The smallest absolute Gasteiger partial charge is 0.278 e. The number of carbonyl (C=O) groups excluding carboxylic acids is 2. The lowest BCUT2D eigenvalue weighted by molar-refractivity contribution is -0.138. The first-order valence-electron chi connectivity index (χ1n) is 10.8. The summed E-state index contributed by atoms with van der Waals surface area (Å²) in [5, 5.41) is 0. The van der Waals surface area contributed by atoms with Crippen molar-refractivity contribution in [3.63, 3.8) is 0 Å². The number of methoxy groups -OCH3 is 1. The highest BCUT2D eigenvalue weighted by Gasteiger charge is 2.42. The average Bonchev–Trinajstić information content (AvgIpc) is 3.41. The first-order valence-corrected chi connectivity index (χ1v) is 10.8. The van der Waals surface area contributed by atoms with Crippen molar-refractivity contribution in [2.75, 3.05) is 26.8 Å². The lowest BCUT2D eigenvalue weighted by Crippen LogP contribution is -2.34. The maximum atomic E-state index is 13.5. The Morgan fingerprint density at radius 2 is 1.65 bits per heavy atom. The first-order chi connectivity index (χ1) is 15.1. The van der Waals surface area contributed by atoms with Crippen LogP contribution in [0.3, 0.4) is 0 Å². The molecule has 0 N–H and O–H groups in total. The van der Waals surface area contributed by atoms with Gasteiger partial charge in [-0.05, 0) is 43.0 Å². The molecule has 6 nitrogen and oxygen atoms in total. The zero-order chi connectivity index (χ0) is 21.8. The van der Waals surface area contributed by atoms with Crippen LogP contribution in [0, 0.1) is 0 Å². The van der Waals surface area contributed by atoms with Crippen LogP contribution in [-0.4, -0.2) is 48.4 Å². The zero-order valence-corrected chi connectivity index (χ0v) is 18.1. The van der Waals surface area contributed by atoms with Crippen LogP contribution in [0.25, 0.3) is 5.57 Å². The molecule has 1 fully saturated rings. The summed E-state index contributed by atoms with van der Waals surface area (Å²) in [7, 11) is 1.59. The summed E-state index contributed by atoms with van der Waals surface area (Å²) in [5.41, 5.74) is 2.53. The number of carbonyl (C=O) groups is 2. The highest BCUT2D eigenvalue weighted by molar-refractivity contribution is 6.35. The highest BCUT2D eigenvalue weighted by atomic mass is 16.5. The van der Waals surface area contributed by atoms with E-state index in [9.17, 15) is 9.59 Å². The third-order valence-electron chi connectivity index (χ3n) is 5.70. The molecule has 1 saturated heterocycles. The Morgan fingerprint density at radius 3 is 2.32 bits per heavy atom. The number of hydrogen-bond donors (Lipinski definition) is 0. The zero-order valence-electron chi connectivity index (χ0n) is 18.1. The molecule has 0 bridgehead atoms. The summed E-state index contributed by atoms with van der Waals surface area (Å²) in [6, 6.07) is 14.9. The maximum absolute atomic E-state index is 13.5. The lowest BCUT2D eigenvalue weighted by Gasteiger charge is -2.20. The Balaban J connectivity index is 1.68. The van der Waals surface area contributed by atoms with E-state index in [1.807, 2.05) is 48.5 Å². The molecule has 6 heteroatoms. The standard InChI is InChI=1S/C25H28N2O4/c1-3-16-31-20-12-10-18(11-13-20)22-23(26-14-6-7-15-26)25(29)27(24(22)28)17-19-8-4-5-9-21(19)30-2/h4-5,8-13H,3,6-7,14-17H2,1-2H3. The number of likely N-dealkylation sites (tertiary alicyclic amines) is 1. The topological polar surface area (TPSA) is 59.1 Å². The first kappa shape index (κ1) is 21.0. The minimum Gasteiger partial charge on any atom is -0.496 e. The molecule has 31 heavy (non-hydrogen) atoms. The molecule has 0 unspecified atom stereocenters. The van der Waals surface area contributed by atoms with Crippen molar-refractivity contribution in [3.05, 3.63) is 65.4 Å². The number of hydrogen-bond acceptors (Lipinski definition) is 5. The molecule has 0 saturated carbocycles. The van der Waals surface area contributed by atoms with Gasteiger partial charge < -0.3 is 14.4 Å². The fourth-order valence-electron chi connectivity index (χ4n) is 4.14. The molecule has 2 heterocycles. The van der Waals surface area contributed by atoms with E-state index in [4.69, 9.17) is 9.47 Å². The van der Waals surface area contributed by atoms with Crippen LogP contribution in [-0.2, 0) is 16.1 Å². The average molecular weight is 421 g/mol. The molecule has 2 aromatic carbocycles. The van der Waals surface area contributed by atoms with Gasteiger partial charge in [0.1, 0.15) is 17.2 Å². The van der Waals surface area contributed by atoms with Gasteiger partial charge in [0.25, 0.3) is 11.8 Å². The van der Waals surface area contributed by atoms with Gasteiger partial charge in [-0.15, -0.1) is 0 Å². The van der Waals surface area contributed by atoms with Crippen LogP contribution in [0.2, 0.25) is 0 Å². The monoisotopic (exact) mass is 420 g/mol. The van der Waals surface area contributed by atoms with Gasteiger partial charge in [-0.2, -0.15) is 0 Å². The Morgan fingerprint density at radius 1 is 0.935 bits per heavy atom. The van der Waals surface area contributed by atoms with E-state index in [2.05, 4.69) is 11.8 Å².